The number of benzene rings is 1. The molecular formula is C17H24N2O3S. The molecule has 1 amide bonds. The number of nitrogens with one attached hydrogen (secondary N) is 1. The van der Waals surface area contributed by atoms with Crippen molar-refractivity contribution in [2.75, 3.05) is 18.1 Å². The number of amides is 1. The van der Waals surface area contributed by atoms with Crippen molar-refractivity contribution < 1.29 is 13.2 Å². The number of carbonyl (C=O) groups excluding carboxylic acids is 1. The second kappa shape index (κ2) is 6.61. The zero-order valence-corrected chi connectivity index (χ0v) is 14.3. The topological polar surface area (TPSA) is 66.5 Å². The van der Waals surface area contributed by atoms with Crippen LogP contribution in [0.2, 0.25) is 0 Å². The van der Waals surface area contributed by atoms with Crippen molar-refractivity contribution >= 4 is 15.7 Å². The highest BCUT2D eigenvalue weighted by molar-refractivity contribution is 7.91. The standard InChI is InChI=1S/C17H24N2O3S/c1-2-19-12-14-6-4-3-5-13(14)11-16(19)17(20)18-15-7-9-23(21,22)10-8-15/h3-6,15-16H,2,7-12H2,1H3,(H,18,20)/t16-/m0/s1. The number of hydrogen-bond acceptors (Lipinski definition) is 4. The van der Waals surface area contributed by atoms with Gasteiger partial charge < -0.3 is 5.32 Å². The summed E-state index contributed by atoms with van der Waals surface area (Å²) in [4.78, 5) is 14.9. The fraction of sp³-hybridized carbons (Fsp3) is 0.588. The second-order valence-electron chi connectivity index (χ2n) is 6.49. The molecule has 5 nitrogen and oxygen atoms in total. The van der Waals surface area contributed by atoms with Gasteiger partial charge in [0, 0.05) is 12.6 Å². The molecule has 2 heterocycles. The molecule has 1 fully saturated rings. The lowest BCUT2D eigenvalue weighted by atomic mass is 9.93. The summed E-state index contributed by atoms with van der Waals surface area (Å²) < 4.78 is 23.0. The molecule has 3 rings (SSSR count). The average molecular weight is 336 g/mol. The molecule has 0 unspecified atom stereocenters. The summed E-state index contributed by atoms with van der Waals surface area (Å²) in [6, 6.07) is 8.10. The van der Waals surface area contributed by atoms with Crippen LogP contribution < -0.4 is 5.32 Å². The van der Waals surface area contributed by atoms with Gasteiger partial charge in [0.05, 0.1) is 17.5 Å². The van der Waals surface area contributed by atoms with Crippen LogP contribution in [-0.2, 0) is 27.6 Å². The summed E-state index contributed by atoms with van der Waals surface area (Å²) in [7, 11) is -2.89. The Bertz CT molecular complexity index is 673. The molecule has 1 saturated heterocycles. The minimum absolute atomic E-state index is 0.0121. The highest BCUT2D eigenvalue weighted by Crippen LogP contribution is 2.23. The maximum Gasteiger partial charge on any atom is 0.237 e. The van der Waals surface area contributed by atoms with E-state index in [0.717, 1.165) is 19.5 Å². The van der Waals surface area contributed by atoms with E-state index < -0.39 is 9.84 Å². The fourth-order valence-electron chi connectivity index (χ4n) is 3.50. The molecule has 1 atom stereocenters. The van der Waals surface area contributed by atoms with Gasteiger partial charge in [0.15, 0.2) is 0 Å². The monoisotopic (exact) mass is 336 g/mol. The third kappa shape index (κ3) is 3.75. The highest BCUT2D eigenvalue weighted by Gasteiger charge is 2.32. The van der Waals surface area contributed by atoms with Gasteiger partial charge in [0.25, 0.3) is 0 Å². The number of rotatable bonds is 3. The summed E-state index contributed by atoms with van der Waals surface area (Å²) in [6.45, 7) is 3.69. The fourth-order valence-corrected chi connectivity index (χ4v) is 4.99. The van der Waals surface area contributed by atoms with Gasteiger partial charge >= 0.3 is 0 Å². The zero-order valence-electron chi connectivity index (χ0n) is 13.5. The predicted octanol–water partition coefficient (Wildman–Crippen LogP) is 1.13. The molecule has 0 aromatic heterocycles. The van der Waals surface area contributed by atoms with Crippen molar-refractivity contribution in [2.45, 2.75) is 44.8 Å². The third-order valence-corrected chi connectivity index (χ3v) is 6.67. The molecule has 0 saturated carbocycles. The summed E-state index contributed by atoms with van der Waals surface area (Å²) in [6.07, 6.45) is 1.79. The second-order valence-corrected chi connectivity index (χ2v) is 8.79. The van der Waals surface area contributed by atoms with E-state index in [9.17, 15) is 13.2 Å². The zero-order chi connectivity index (χ0) is 16.4. The van der Waals surface area contributed by atoms with Crippen LogP contribution >= 0.6 is 0 Å². The van der Waals surface area contributed by atoms with E-state index in [1.807, 2.05) is 12.1 Å². The number of carbonyl (C=O) groups is 1. The summed E-state index contributed by atoms with van der Waals surface area (Å²) in [5, 5.41) is 3.08. The van der Waals surface area contributed by atoms with E-state index >= 15 is 0 Å². The van der Waals surface area contributed by atoms with Gasteiger partial charge in [0.1, 0.15) is 9.84 Å². The summed E-state index contributed by atoms with van der Waals surface area (Å²) >= 11 is 0. The van der Waals surface area contributed by atoms with Crippen molar-refractivity contribution in [3.63, 3.8) is 0 Å². The molecule has 1 aromatic rings. The Morgan fingerprint density at radius 1 is 1.22 bits per heavy atom. The minimum Gasteiger partial charge on any atom is -0.352 e. The highest BCUT2D eigenvalue weighted by atomic mass is 32.2. The van der Waals surface area contributed by atoms with Gasteiger partial charge in [-0.15, -0.1) is 0 Å². The molecule has 2 aliphatic rings. The normalized spacial score (nSPS) is 24.8. The van der Waals surface area contributed by atoms with Crippen LogP contribution in [0.4, 0.5) is 0 Å². The van der Waals surface area contributed by atoms with Crippen LogP contribution in [0.3, 0.4) is 0 Å². The van der Waals surface area contributed by atoms with Crippen LogP contribution in [0.1, 0.15) is 30.9 Å². The smallest absolute Gasteiger partial charge is 0.237 e. The van der Waals surface area contributed by atoms with E-state index in [1.165, 1.54) is 11.1 Å². The van der Waals surface area contributed by atoms with E-state index in [0.29, 0.717) is 12.8 Å². The molecule has 126 valence electrons. The van der Waals surface area contributed by atoms with Gasteiger partial charge in [-0.05, 0) is 36.9 Å². The molecule has 0 radical (unpaired) electrons. The average Bonchev–Trinajstić information content (AvgIpc) is 2.55. The lowest BCUT2D eigenvalue weighted by Gasteiger charge is -2.36. The first-order valence-corrected chi connectivity index (χ1v) is 10.1. The van der Waals surface area contributed by atoms with Crippen molar-refractivity contribution in [1.29, 1.82) is 0 Å². The molecule has 0 bridgehead atoms. The van der Waals surface area contributed by atoms with E-state index in [-0.39, 0.29) is 29.5 Å². The minimum atomic E-state index is -2.89. The molecule has 0 spiro atoms. The van der Waals surface area contributed by atoms with Crippen LogP contribution in [0, 0.1) is 0 Å². The van der Waals surface area contributed by atoms with Crippen LogP contribution in [-0.4, -0.2) is 49.4 Å². The Labute approximate surface area is 138 Å². The maximum absolute atomic E-state index is 12.7. The molecule has 1 aromatic carbocycles. The summed E-state index contributed by atoms with van der Waals surface area (Å²) in [5.74, 6) is 0.400. The quantitative estimate of drug-likeness (QED) is 0.898. The van der Waals surface area contributed by atoms with Crippen LogP contribution in [0.15, 0.2) is 24.3 Å². The predicted molar refractivity (Wildman–Crippen MR) is 89.8 cm³/mol. The lowest BCUT2D eigenvalue weighted by molar-refractivity contribution is -0.127. The first-order valence-electron chi connectivity index (χ1n) is 8.30. The SMILES string of the molecule is CCN1Cc2ccccc2C[C@H]1C(=O)NC1CCS(=O)(=O)CC1. The Kier molecular flexibility index (Phi) is 4.73. The number of likely N-dealkylation sites (N-methyl/N-ethyl adjacent to an activating group) is 1. The number of nitrogens with zero attached hydrogens (tertiary/aromatic N) is 1. The summed E-state index contributed by atoms with van der Waals surface area (Å²) in [5.41, 5.74) is 2.53. The largest absolute Gasteiger partial charge is 0.352 e. The van der Waals surface area contributed by atoms with Gasteiger partial charge in [-0.25, -0.2) is 8.42 Å². The molecule has 6 heteroatoms. The Balaban J connectivity index is 1.67. The Morgan fingerprint density at radius 3 is 2.52 bits per heavy atom. The first-order chi connectivity index (χ1) is 11.0. The first kappa shape index (κ1) is 16.5. The van der Waals surface area contributed by atoms with Crippen LogP contribution in [0.5, 0.6) is 0 Å². The maximum atomic E-state index is 12.7. The van der Waals surface area contributed by atoms with Gasteiger partial charge in [-0.3, -0.25) is 9.69 Å². The van der Waals surface area contributed by atoms with E-state index in [4.69, 9.17) is 0 Å². The number of fused-ring (bicyclic) bond motifs is 1. The van der Waals surface area contributed by atoms with Crippen molar-refractivity contribution in [3.05, 3.63) is 35.4 Å². The van der Waals surface area contributed by atoms with Gasteiger partial charge in [0.2, 0.25) is 5.91 Å². The Morgan fingerprint density at radius 2 is 1.87 bits per heavy atom. The number of hydrogen-bond donors (Lipinski definition) is 1. The van der Waals surface area contributed by atoms with Gasteiger partial charge in [-0.2, -0.15) is 0 Å². The van der Waals surface area contributed by atoms with Crippen LogP contribution in [0.25, 0.3) is 0 Å². The van der Waals surface area contributed by atoms with Crippen molar-refractivity contribution in [3.8, 4) is 0 Å². The molecule has 2 aliphatic heterocycles. The molecular weight excluding hydrogens is 312 g/mol. The molecule has 0 aliphatic carbocycles. The van der Waals surface area contributed by atoms with Crippen molar-refractivity contribution in [2.24, 2.45) is 0 Å². The van der Waals surface area contributed by atoms with Gasteiger partial charge in [-0.1, -0.05) is 31.2 Å². The molecule has 1 N–H and O–H groups in total. The van der Waals surface area contributed by atoms with E-state index in [1.54, 1.807) is 0 Å². The third-order valence-electron chi connectivity index (χ3n) is 4.96. The van der Waals surface area contributed by atoms with E-state index in [2.05, 4.69) is 29.3 Å². The molecule has 23 heavy (non-hydrogen) atoms. The lowest BCUT2D eigenvalue weighted by Crippen LogP contribution is -2.53. The van der Waals surface area contributed by atoms with Crippen molar-refractivity contribution in [1.82, 2.24) is 10.2 Å². The number of sulfone groups is 1. The Hall–Kier alpha value is -1.40.